The molecule has 0 N–H and O–H groups in total. The van der Waals surface area contributed by atoms with Gasteiger partial charge in [-0.25, -0.2) is 0 Å². The van der Waals surface area contributed by atoms with Gasteiger partial charge in [-0.1, -0.05) is 37.0 Å². The Kier molecular flexibility index (Phi) is 2.76. The number of halogens is 3. The SMILES string of the molecule is C=CC1=C(C(F)(F)F)C=CCC=C1. The molecule has 0 spiro atoms. The summed E-state index contributed by atoms with van der Waals surface area (Å²) in [5.74, 6) is 0. The standard InChI is InChI=1S/C10H9F3/c1-2-8-6-4-3-5-7-9(8)10(11,12)13/h2,4-7H,1,3H2. The second-order valence-electron chi connectivity index (χ2n) is 2.61. The molecule has 0 aromatic rings. The van der Waals surface area contributed by atoms with Crippen LogP contribution in [0.2, 0.25) is 0 Å². The van der Waals surface area contributed by atoms with Gasteiger partial charge in [-0.05, 0) is 12.0 Å². The van der Waals surface area contributed by atoms with Crippen LogP contribution in [0.3, 0.4) is 0 Å². The van der Waals surface area contributed by atoms with E-state index in [1.165, 1.54) is 18.2 Å². The van der Waals surface area contributed by atoms with E-state index in [9.17, 15) is 13.2 Å². The first kappa shape index (κ1) is 9.84. The van der Waals surface area contributed by atoms with Crippen LogP contribution in [0.4, 0.5) is 13.2 Å². The smallest absolute Gasteiger partial charge is 0.166 e. The average Bonchev–Trinajstić information content (AvgIpc) is 2.26. The number of rotatable bonds is 1. The summed E-state index contributed by atoms with van der Waals surface area (Å²) in [7, 11) is 0. The van der Waals surface area contributed by atoms with Crippen molar-refractivity contribution in [3.8, 4) is 0 Å². The molecule has 0 nitrogen and oxygen atoms in total. The molecule has 0 atom stereocenters. The average molecular weight is 186 g/mol. The molecule has 0 saturated heterocycles. The first-order valence-electron chi connectivity index (χ1n) is 3.82. The van der Waals surface area contributed by atoms with Crippen LogP contribution in [0.25, 0.3) is 0 Å². The van der Waals surface area contributed by atoms with Gasteiger partial charge in [0.25, 0.3) is 0 Å². The lowest BCUT2D eigenvalue weighted by Crippen LogP contribution is -2.11. The summed E-state index contributed by atoms with van der Waals surface area (Å²) in [6.45, 7) is 3.35. The van der Waals surface area contributed by atoms with Gasteiger partial charge in [0, 0.05) is 0 Å². The quantitative estimate of drug-likeness (QED) is 0.587. The van der Waals surface area contributed by atoms with Gasteiger partial charge in [-0.2, -0.15) is 13.2 Å². The number of alkyl halides is 3. The second-order valence-corrected chi connectivity index (χ2v) is 2.61. The Labute approximate surface area is 74.8 Å². The van der Waals surface area contributed by atoms with Crippen LogP contribution in [0.1, 0.15) is 6.42 Å². The highest BCUT2D eigenvalue weighted by molar-refractivity contribution is 5.44. The number of hydrogen-bond donors (Lipinski definition) is 0. The molecule has 3 heteroatoms. The maximum Gasteiger partial charge on any atom is 0.416 e. The molecule has 0 aliphatic heterocycles. The summed E-state index contributed by atoms with van der Waals surface area (Å²) in [6, 6.07) is 0. The summed E-state index contributed by atoms with van der Waals surface area (Å²) in [5.41, 5.74) is -0.502. The molecule has 0 aromatic carbocycles. The third-order valence-electron chi connectivity index (χ3n) is 1.69. The zero-order valence-corrected chi connectivity index (χ0v) is 6.93. The number of hydrogen-bond acceptors (Lipinski definition) is 0. The van der Waals surface area contributed by atoms with Crippen molar-refractivity contribution in [2.75, 3.05) is 0 Å². The van der Waals surface area contributed by atoms with Crippen molar-refractivity contribution in [3.63, 3.8) is 0 Å². The fourth-order valence-corrected chi connectivity index (χ4v) is 1.08. The molecule has 0 amide bonds. The molecule has 0 radical (unpaired) electrons. The van der Waals surface area contributed by atoms with Crippen molar-refractivity contribution < 1.29 is 13.2 Å². The Morgan fingerprint density at radius 3 is 2.38 bits per heavy atom. The lowest BCUT2D eigenvalue weighted by Gasteiger charge is -2.09. The van der Waals surface area contributed by atoms with Crippen LogP contribution in [-0.4, -0.2) is 6.18 Å². The van der Waals surface area contributed by atoms with E-state index in [1.54, 1.807) is 6.08 Å². The number of allylic oxidation sites excluding steroid dienone is 7. The molecular formula is C10H9F3. The van der Waals surface area contributed by atoms with Crippen molar-refractivity contribution in [2.24, 2.45) is 0 Å². The largest absolute Gasteiger partial charge is 0.416 e. The minimum Gasteiger partial charge on any atom is -0.166 e. The fourth-order valence-electron chi connectivity index (χ4n) is 1.08. The highest BCUT2D eigenvalue weighted by atomic mass is 19.4. The molecule has 0 unspecified atom stereocenters. The normalized spacial score (nSPS) is 17.5. The molecule has 1 aliphatic rings. The van der Waals surface area contributed by atoms with Gasteiger partial charge >= 0.3 is 6.18 Å². The lowest BCUT2D eigenvalue weighted by atomic mass is 10.1. The highest BCUT2D eigenvalue weighted by Crippen LogP contribution is 2.31. The topological polar surface area (TPSA) is 0 Å². The van der Waals surface area contributed by atoms with Gasteiger partial charge in [0.2, 0.25) is 0 Å². The molecule has 1 aliphatic carbocycles. The minimum atomic E-state index is -4.30. The van der Waals surface area contributed by atoms with Crippen molar-refractivity contribution in [3.05, 3.63) is 48.1 Å². The third kappa shape index (κ3) is 2.34. The van der Waals surface area contributed by atoms with Gasteiger partial charge in [0.1, 0.15) is 0 Å². The highest BCUT2D eigenvalue weighted by Gasteiger charge is 2.33. The van der Waals surface area contributed by atoms with Gasteiger partial charge in [0.05, 0.1) is 5.57 Å². The second kappa shape index (κ2) is 3.64. The Balaban J connectivity index is 3.19. The zero-order chi connectivity index (χ0) is 9.90. The van der Waals surface area contributed by atoms with Crippen molar-refractivity contribution in [1.29, 1.82) is 0 Å². The maximum absolute atomic E-state index is 12.4. The van der Waals surface area contributed by atoms with Gasteiger partial charge in [-0.15, -0.1) is 0 Å². The van der Waals surface area contributed by atoms with E-state index in [4.69, 9.17) is 0 Å². The molecule has 0 saturated carbocycles. The Hall–Kier alpha value is -1.25. The predicted molar refractivity (Wildman–Crippen MR) is 46.2 cm³/mol. The Morgan fingerprint density at radius 2 is 1.85 bits per heavy atom. The van der Waals surface area contributed by atoms with Crippen LogP contribution < -0.4 is 0 Å². The van der Waals surface area contributed by atoms with Crippen LogP contribution in [0, 0.1) is 0 Å². The first-order valence-corrected chi connectivity index (χ1v) is 3.82. The van der Waals surface area contributed by atoms with Gasteiger partial charge in [-0.3, -0.25) is 0 Å². The van der Waals surface area contributed by atoms with Crippen LogP contribution in [-0.2, 0) is 0 Å². The Morgan fingerprint density at radius 1 is 1.23 bits per heavy atom. The van der Waals surface area contributed by atoms with Crippen molar-refractivity contribution >= 4 is 0 Å². The van der Waals surface area contributed by atoms with E-state index in [1.807, 2.05) is 0 Å². The molecule has 0 aromatic heterocycles. The molecule has 0 heterocycles. The van der Waals surface area contributed by atoms with E-state index in [0.29, 0.717) is 6.42 Å². The summed E-state index contributed by atoms with van der Waals surface area (Å²) in [6.07, 6.45) is 3.13. The summed E-state index contributed by atoms with van der Waals surface area (Å²) >= 11 is 0. The Bertz CT molecular complexity index is 290. The van der Waals surface area contributed by atoms with Crippen LogP contribution >= 0.6 is 0 Å². The molecule has 13 heavy (non-hydrogen) atoms. The lowest BCUT2D eigenvalue weighted by molar-refractivity contribution is -0.0886. The summed E-state index contributed by atoms with van der Waals surface area (Å²) in [4.78, 5) is 0. The van der Waals surface area contributed by atoms with Crippen molar-refractivity contribution in [2.45, 2.75) is 12.6 Å². The summed E-state index contributed by atoms with van der Waals surface area (Å²) in [5, 5.41) is 0. The van der Waals surface area contributed by atoms with E-state index in [0.717, 1.165) is 6.08 Å². The van der Waals surface area contributed by atoms with E-state index in [-0.39, 0.29) is 5.57 Å². The van der Waals surface area contributed by atoms with Gasteiger partial charge < -0.3 is 0 Å². The van der Waals surface area contributed by atoms with Gasteiger partial charge in [0.15, 0.2) is 0 Å². The summed E-state index contributed by atoms with van der Waals surface area (Å²) < 4.78 is 37.1. The molecule has 0 bridgehead atoms. The minimum absolute atomic E-state index is 0.126. The zero-order valence-electron chi connectivity index (χ0n) is 6.93. The fraction of sp³-hybridized carbons (Fsp3) is 0.200. The van der Waals surface area contributed by atoms with Crippen LogP contribution in [0.5, 0.6) is 0 Å². The van der Waals surface area contributed by atoms with E-state index in [2.05, 4.69) is 6.58 Å². The van der Waals surface area contributed by atoms with Crippen LogP contribution in [0.15, 0.2) is 48.1 Å². The van der Waals surface area contributed by atoms with E-state index >= 15 is 0 Å². The predicted octanol–water partition coefficient (Wildman–Crippen LogP) is 3.55. The maximum atomic E-state index is 12.4. The monoisotopic (exact) mass is 186 g/mol. The third-order valence-corrected chi connectivity index (χ3v) is 1.69. The van der Waals surface area contributed by atoms with Crippen molar-refractivity contribution in [1.82, 2.24) is 0 Å². The van der Waals surface area contributed by atoms with E-state index < -0.39 is 11.7 Å². The molecular weight excluding hydrogens is 177 g/mol. The molecule has 70 valence electrons. The molecule has 1 rings (SSSR count). The first-order chi connectivity index (χ1) is 6.05. The molecule has 0 fully saturated rings.